The second-order valence-electron chi connectivity index (χ2n) is 5.49. The number of nitrogens with zero attached hydrogens (tertiary/aromatic N) is 3. The highest BCUT2D eigenvalue weighted by Crippen LogP contribution is 2.41. The number of aryl methyl sites for hydroxylation is 1. The Morgan fingerprint density at radius 3 is 2.89 bits per heavy atom. The molecule has 1 saturated carbocycles. The first-order chi connectivity index (χ1) is 9.12. The van der Waals surface area contributed by atoms with Gasteiger partial charge < -0.3 is 9.32 Å². The summed E-state index contributed by atoms with van der Waals surface area (Å²) >= 11 is 0. The highest BCUT2D eigenvalue weighted by molar-refractivity contribution is 5.77. The van der Waals surface area contributed by atoms with E-state index in [1.165, 1.54) is 6.42 Å². The molecule has 0 bridgehead atoms. The summed E-state index contributed by atoms with van der Waals surface area (Å²) in [5, 5.41) is 9.30. The summed E-state index contributed by atoms with van der Waals surface area (Å²) in [5.41, 5.74) is 2.63. The standard InChI is InChI=1S/C15H17N3O/c1-11-17-13-8-12(4-5-14(13)19-11)18(2)10-15(9-16)6-3-7-15/h4-5,8H,3,6-7,10H2,1-2H3. The maximum Gasteiger partial charge on any atom is 0.192 e. The number of anilines is 1. The van der Waals surface area contributed by atoms with Gasteiger partial charge in [-0.15, -0.1) is 0 Å². The van der Waals surface area contributed by atoms with E-state index in [1.807, 2.05) is 32.2 Å². The van der Waals surface area contributed by atoms with E-state index in [0.717, 1.165) is 36.2 Å². The molecular formula is C15H17N3O. The number of hydrogen-bond acceptors (Lipinski definition) is 4. The molecule has 3 rings (SSSR count). The van der Waals surface area contributed by atoms with Gasteiger partial charge in [0.1, 0.15) is 5.52 Å². The van der Waals surface area contributed by atoms with Crippen LogP contribution in [0, 0.1) is 23.7 Å². The SMILES string of the molecule is Cc1nc2cc(N(C)CC3(C#N)CCC3)ccc2o1. The van der Waals surface area contributed by atoms with Gasteiger partial charge in [-0.2, -0.15) is 5.26 Å². The lowest BCUT2D eigenvalue weighted by Gasteiger charge is -2.38. The minimum absolute atomic E-state index is 0.149. The van der Waals surface area contributed by atoms with Crippen molar-refractivity contribution < 1.29 is 4.42 Å². The predicted molar refractivity (Wildman–Crippen MR) is 73.9 cm³/mol. The van der Waals surface area contributed by atoms with Crippen LogP contribution in [0.2, 0.25) is 0 Å². The van der Waals surface area contributed by atoms with E-state index in [2.05, 4.69) is 16.0 Å². The van der Waals surface area contributed by atoms with Crippen molar-refractivity contribution in [1.82, 2.24) is 4.98 Å². The molecule has 4 heteroatoms. The molecule has 1 aliphatic carbocycles. The van der Waals surface area contributed by atoms with Crippen molar-refractivity contribution in [1.29, 1.82) is 5.26 Å². The molecule has 0 spiro atoms. The van der Waals surface area contributed by atoms with Crippen molar-refractivity contribution in [2.45, 2.75) is 26.2 Å². The molecule has 4 nitrogen and oxygen atoms in total. The molecule has 1 aromatic heterocycles. The highest BCUT2D eigenvalue weighted by atomic mass is 16.3. The van der Waals surface area contributed by atoms with Gasteiger partial charge in [-0.25, -0.2) is 4.98 Å². The van der Waals surface area contributed by atoms with Crippen LogP contribution in [0.4, 0.5) is 5.69 Å². The number of hydrogen-bond donors (Lipinski definition) is 0. The Morgan fingerprint density at radius 2 is 2.26 bits per heavy atom. The third-order valence-corrected chi connectivity index (χ3v) is 4.01. The average Bonchev–Trinajstić information content (AvgIpc) is 2.72. The minimum atomic E-state index is -0.149. The van der Waals surface area contributed by atoms with E-state index in [1.54, 1.807) is 0 Å². The molecule has 0 amide bonds. The second-order valence-corrected chi connectivity index (χ2v) is 5.49. The van der Waals surface area contributed by atoms with Gasteiger partial charge in [0.05, 0.1) is 11.5 Å². The molecule has 0 atom stereocenters. The normalized spacial score (nSPS) is 16.9. The molecule has 2 aromatic rings. The fraction of sp³-hybridized carbons (Fsp3) is 0.467. The fourth-order valence-corrected chi connectivity index (χ4v) is 2.72. The maximum atomic E-state index is 9.30. The first-order valence-electron chi connectivity index (χ1n) is 6.61. The Kier molecular flexibility index (Phi) is 2.70. The lowest BCUT2D eigenvalue weighted by molar-refractivity contribution is 0.223. The van der Waals surface area contributed by atoms with Crippen LogP contribution >= 0.6 is 0 Å². The van der Waals surface area contributed by atoms with Crippen molar-refractivity contribution in [3.8, 4) is 6.07 Å². The average molecular weight is 255 g/mol. The van der Waals surface area contributed by atoms with E-state index in [-0.39, 0.29) is 5.41 Å². The van der Waals surface area contributed by atoms with Crippen LogP contribution in [-0.4, -0.2) is 18.6 Å². The topological polar surface area (TPSA) is 53.1 Å². The molecule has 1 heterocycles. The molecule has 1 fully saturated rings. The van der Waals surface area contributed by atoms with Gasteiger partial charge in [0.25, 0.3) is 0 Å². The monoisotopic (exact) mass is 255 g/mol. The molecule has 0 saturated heterocycles. The van der Waals surface area contributed by atoms with Crippen LogP contribution in [0.5, 0.6) is 0 Å². The first kappa shape index (κ1) is 12.0. The van der Waals surface area contributed by atoms with Crippen LogP contribution in [0.1, 0.15) is 25.2 Å². The summed E-state index contributed by atoms with van der Waals surface area (Å²) in [6, 6.07) is 8.47. The number of aromatic nitrogens is 1. The molecule has 0 aliphatic heterocycles. The van der Waals surface area contributed by atoms with Gasteiger partial charge in [-0.1, -0.05) is 6.42 Å². The van der Waals surface area contributed by atoms with Crippen molar-refractivity contribution in [3.05, 3.63) is 24.1 Å². The number of oxazole rings is 1. The molecule has 0 N–H and O–H groups in total. The maximum absolute atomic E-state index is 9.30. The molecule has 0 radical (unpaired) electrons. The zero-order valence-corrected chi connectivity index (χ0v) is 11.3. The molecule has 0 unspecified atom stereocenters. The highest BCUT2D eigenvalue weighted by Gasteiger charge is 2.38. The molecule has 1 aromatic carbocycles. The van der Waals surface area contributed by atoms with Crippen LogP contribution in [0.3, 0.4) is 0 Å². The number of rotatable bonds is 3. The minimum Gasteiger partial charge on any atom is -0.441 e. The van der Waals surface area contributed by atoms with Crippen molar-refractivity contribution >= 4 is 16.8 Å². The van der Waals surface area contributed by atoms with Crippen molar-refractivity contribution in [2.75, 3.05) is 18.5 Å². The Balaban J connectivity index is 1.85. The van der Waals surface area contributed by atoms with Crippen LogP contribution in [0.25, 0.3) is 11.1 Å². The third-order valence-electron chi connectivity index (χ3n) is 4.01. The second kappa shape index (κ2) is 4.27. The zero-order chi connectivity index (χ0) is 13.5. The van der Waals surface area contributed by atoms with E-state index in [0.29, 0.717) is 5.89 Å². The molecule has 19 heavy (non-hydrogen) atoms. The van der Waals surface area contributed by atoms with E-state index >= 15 is 0 Å². The Labute approximate surface area is 112 Å². The van der Waals surface area contributed by atoms with Gasteiger partial charge in [-0.3, -0.25) is 0 Å². The number of benzene rings is 1. The number of nitriles is 1. The zero-order valence-electron chi connectivity index (χ0n) is 11.3. The van der Waals surface area contributed by atoms with Crippen molar-refractivity contribution in [3.63, 3.8) is 0 Å². The third kappa shape index (κ3) is 2.06. The first-order valence-corrected chi connectivity index (χ1v) is 6.61. The summed E-state index contributed by atoms with van der Waals surface area (Å²) in [7, 11) is 2.03. The predicted octanol–water partition coefficient (Wildman–Crippen LogP) is 3.27. The summed E-state index contributed by atoms with van der Waals surface area (Å²) in [5.74, 6) is 0.683. The van der Waals surface area contributed by atoms with Gasteiger partial charge >= 0.3 is 0 Å². The molecule has 98 valence electrons. The lowest BCUT2D eigenvalue weighted by atomic mass is 9.69. The largest absolute Gasteiger partial charge is 0.441 e. The van der Waals surface area contributed by atoms with Crippen molar-refractivity contribution in [2.24, 2.45) is 5.41 Å². The summed E-state index contributed by atoms with van der Waals surface area (Å²) in [6.07, 6.45) is 3.20. The fourth-order valence-electron chi connectivity index (χ4n) is 2.72. The van der Waals surface area contributed by atoms with Crippen LogP contribution in [-0.2, 0) is 0 Å². The summed E-state index contributed by atoms with van der Waals surface area (Å²) < 4.78 is 5.48. The quantitative estimate of drug-likeness (QED) is 0.844. The Bertz CT molecular complexity index is 649. The summed E-state index contributed by atoms with van der Waals surface area (Å²) in [4.78, 5) is 6.49. The molecule has 1 aliphatic rings. The van der Waals surface area contributed by atoms with E-state index in [4.69, 9.17) is 4.42 Å². The van der Waals surface area contributed by atoms with Crippen LogP contribution in [0.15, 0.2) is 22.6 Å². The van der Waals surface area contributed by atoms with E-state index in [9.17, 15) is 5.26 Å². The van der Waals surface area contributed by atoms with Gasteiger partial charge in [0.2, 0.25) is 0 Å². The molecular weight excluding hydrogens is 238 g/mol. The van der Waals surface area contributed by atoms with E-state index < -0.39 is 0 Å². The Hall–Kier alpha value is -2.02. The lowest BCUT2D eigenvalue weighted by Crippen LogP contribution is -2.39. The smallest absolute Gasteiger partial charge is 0.192 e. The summed E-state index contributed by atoms with van der Waals surface area (Å²) in [6.45, 7) is 2.63. The van der Waals surface area contributed by atoms with Gasteiger partial charge in [0.15, 0.2) is 11.5 Å². The van der Waals surface area contributed by atoms with Gasteiger partial charge in [0, 0.05) is 26.2 Å². The van der Waals surface area contributed by atoms with Crippen LogP contribution < -0.4 is 4.90 Å². The van der Waals surface area contributed by atoms with Gasteiger partial charge in [-0.05, 0) is 31.0 Å². The number of fused-ring (bicyclic) bond motifs is 1. The Morgan fingerprint density at radius 1 is 1.47 bits per heavy atom.